The molecule has 0 fully saturated rings. The first-order valence-electron chi connectivity index (χ1n) is 9.60. The Hall–Kier alpha value is -3.93. The van der Waals surface area contributed by atoms with Crippen LogP contribution in [-0.4, -0.2) is 36.1 Å². The maximum absolute atomic E-state index is 12.9. The lowest BCUT2D eigenvalue weighted by molar-refractivity contribution is 0.0948. The van der Waals surface area contributed by atoms with E-state index in [9.17, 15) is 4.79 Å². The summed E-state index contributed by atoms with van der Waals surface area (Å²) in [6.45, 7) is 0.715. The smallest absolute Gasteiger partial charge is 0.252 e. The fourth-order valence-corrected chi connectivity index (χ4v) is 3.15. The number of amides is 1. The van der Waals surface area contributed by atoms with Crippen LogP contribution in [0.25, 0.3) is 22.2 Å². The fraction of sp³-hybridized carbons (Fsp3) is 0.125. The summed E-state index contributed by atoms with van der Waals surface area (Å²) >= 11 is 0. The van der Waals surface area contributed by atoms with Crippen LogP contribution in [0.2, 0.25) is 0 Å². The van der Waals surface area contributed by atoms with Crippen molar-refractivity contribution in [3.05, 3.63) is 84.7 Å². The predicted molar refractivity (Wildman–Crippen MR) is 116 cm³/mol. The van der Waals surface area contributed by atoms with Gasteiger partial charge in [-0.25, -0.2) is 4.98 Å². The van der Waals surface area contributed by atoms with Crippen molar-refractivity contribution in [2.75, 3.05) is 20.3 Å². The van der Waals surface area contributed by atoms with Crippen molar-refractivity contribution in [2.45, 2.75) is 0 Å². The molecule has 2 aromatic carbocycles. The van der Waals surface area contributed by atoms with E-state index in [1.165, 1.54) is 0 Å². The van der Waals surface area contributed by atoms with E-state index in [-0.39, 0.29) is 5.91 Å². The molecule has 1 amide bonds. The summed E-state index contributed by atoms with van der Waals surface area (Å²) in [6.07, 6.45) is 3.45. The molecule has 1 N–H and O–H groups in total. The van der Waals surface area contributed by atoms with Gasteiger partial charge < -0.3 is 14.8 Å². The minimum atomic E-state index is -0.173. The lowest BCUT2D eigenvalue weighted by atomic mass is 10.0. The van der Waals surface area contributed by atoms with Crippen molar-refractivity contribution < 1.29 is 14.3 Å². The molecular weight excluding hydrogens is 378 g/mol. The summed E-state index contributed by atoms with van der Waals surface area (Å²) in [5.74, 6) is 1.24. The molecule has 0 spiro atoms. The first-order chi connectivity index (χ1) is 14.7. The number of para-hydroxylation sites is 1. The van der Waals surface area contributed by atoms with Crippen molar-refractivity contribution in [2.24, 2.45) is 0 Å². The van der Waals surface area contributed by atoms with Gasteiger partial charge in [0.2, 0.25) is 0 Å². The van der Waals surface area contributed by atoms with Crippen LogP contribution in [-0.2, 0) is 0 Å². The standard InChI is InChI=1S/C24H21N3O3/c1-29-18-7-4-8-19(14-18)30-13-12-26-24(28)21-15-23(17-6-5-11-25-16-17)27-22-10-3-2-9-20(21)22/h2-11,14-16H,12-13H2,1H3,(H,26,28). The molecule has 0 aliphatic heterocycles. The van der Waals surface area contributed by atoms with Gasteiger partial charge in [0.05, 0.1) is 30.4 Å². The summed E-state index contributed by atoms with van der Waals surface area (Å²) in [4.78, 5) is 21.8. The number of nitrogens with one attached hydrogen (secondary N) is 1. The second kappa shape index (κ2) is 9.05. The average molecular weight is 399 g/mol. The Balaban J connectivity index is 1.49. The van der Waals surface area contributed by atoms with Crippen molar-refractivity contribution in [3.63, 3.8) is 0 Å². The van der Waals surface area contributed by atoms with E-state index in [0.717, 1.165) is 22.2 Å². The maximum atomic E-state index is 12.9. The minimum absolute atomic E-state index is 0.173. The third-order valence-electron chi connectivity index (χ3n) is 4.62. The predicted octanol–water partition coefficient (Wildman–Crippen LogP) is 4.11. The van der Waals surface area contributed by atoms with E-state index >= 15 is 0 Å². The molecular formula is C24H21N3O3. The summed E-state index contributed by atoms with van der Waals surface area (Å²) in [5, 5.41) is 3.73. The van der Waals surface area contributed by atoms with E-state index in [1.54, 1.807) is 31.6 Å². The van der Waals surface area contributed by atoms with Gasteiger partial charge in [-0.1, -0.05) is 24.3 Å². The summed E-state index contributed by atoms with van der Waals surface area (Å²) in [7, 11) is 1.61. The normalized spacial score (nSPS) is 10.6. The molecule has 0 bridgehead atoms. The van der Waals surface area contributed by atoms with Gasteiger partial charge in [-0.05, 0) is 36.4 Å². The SMILES string of the molecule is COc1cccc(OCCNC(=O)c2cc(-c3cccnc3)nc3ccccc23)c1. The number of hydrogen-bond acceptors (Lipinski definition) is 5. The van der Waals surface area contributed by atoms with E-state index in [4.69, 9.17) is 9.47 Å². The van der Waals surface area contributed by atoms with Crippen molar-refractivity contribution in [3.8, 4) is 22.8 Å². The molecule has 2 aromatic heterocycles. The molecule has 6 heteroatoms. The zero-order valence-electron chi connectivity index (χ0n) is 16.5. The number of aromatic nitrogens is 2. The highest BCUT2D eigenvalue weighted by Crippen LogP contribution is 2.24. The molecule has 0 radical (unpaired) electrons. The molecule has 0 aliphatic rings. The molecule has 0 unspecified atom stereocenters. The molecule has 0 saturated carbocycles. The first kappa shape index (κ1) is 19.4. The molecule has 0 aliphatic carbocycles. The summed E-state index contributed by atoms with van der Waals surface area (Å²) < 4.78 is 10.9. The van der Waals surface area contributed by atoms with Crippen LogP contribution in [0.4, 0.5) is 0 Å². The van der Waals surface area contributed by atoms with Crippen molar-refractivity contribution in [1.82, 2.24) is 15.3 Å². The quantitative estimate of drug-likeness (QED) is 0.474. The highest BCUT2D eigenvalue weighted by molar-refractivity contribution is 6.07. The second-order valence-electron chi connectivity index (χ2n) is 6.60. The number of carbonyl (C=O) groups excluding carboxylic acids is 1. The van der Waals surface area contributed by atoms with Gasteiger partial charge >= 0.3 is 0 Å². The largest absolute Gasteiger partial charge is 0.497 e. The van der Waals surface area contributed by atoms with E-state index < -0.39 is 0 Å². The van der Waals surface area contributed by atoms with Crippen LogP contribution in [0.1, 0.15) is 10.4 Å². The highest BCUT2D eigenvalue weighted by atomic mass is 16.5. The number of pyridine rings is 2. The van der Waals surface area contributed by atoms with Gasteiger partial charge in [0.15, 0.2) is 0 Å². The Morgan fingerprint density at radius 1 is 1.00 bits per heavy atom. The van der Waals surface area contributed by atoms with E-state index in [0.29, 0.717) is 30.2 Å². The molecule has 0 saturated heterocycles. The van der Waals surface area contributed by atoms with Crippen LogP contribution in [0.15, 0.2) is 79.1 Å². The Labute approximate surface area is 174 Å². The van der Waals surface area contributed by atoms with Crippen LogP contribution < -0.4 is 14.8 Å². The topological polar surface area (TPSA) is 73.3 Å². The molecule has 150 valence electrons. The third kappa shape index (κ3) is 4.38. The molecule has 30 heavy (non-hydrogen) atoms. The number of benzene rings is 2. The fourth-order valence-electron chi connectivity index (χ4n) is 3.15. The van der Waals surface area contributed by atoms with Crippen LogP contribution in [0.3, 0.4) is 0 Å². The third-order valence-corrected chi connectivity index (χ3v) is 4.62. The lowest BCUT2D eigenvalue weighted by Crippen LogP contribution is -2.28. The Bertz CT molecular complexity index is 1160. The van der Waals surface area contributed by atoms with E-state index in [1.807, 2.05) is 54.6 Å². The Morgan fingerprint density at radius 2 is 1.87 bits per heavy atom. The Morgan fingerprint density at radius 3 is 2.70 bits per heavy atom. The minimum Gasteiger partial charge on any atom is -0.497 e. The van der Waals surface area contributed by atoms with E-state index in [2.05, 4.69) is 15.3 Å². The summed E-state index contributed by atoms with van der Waals surface area (Å²) in [6, 6.07) is 20.5. The molecule has 6 nitrogen and oxygen atoms in total. The van der Waals surface area contributed by atoms with Crippen LogP contribution >= 0.6 is 0 Å². The molecule has 0 atom stereocenters. The van der Waals surface area contributed by atoms with Gasteiger partial charge in [0, 0.05) is 29.4 Å². The van der Waals surface area contributed by atoms with Crippen LogP contribution in [0.5, 0.6) is 11.5 Å². The molecule has 4 aromatic rings. The number of hydrogen-bond donors (Lipinski definition) is 1. The van der Waals surface area contributed by atoms with Crippen molar-refractivity contribution in [1.29, 1.82) is 0 Å². The Kier molecular flexibility index (Phi) is 5.85. The number of methoxy groups -OCH3 is 1. The number of rotatable bonds is 7. The number of fused-ring (bicyclic) bond motifs is 1. The maximum Gasteiger partial charge on any atom is 0.252 e. The van der Waals surface area contributed by atoms with Crippen LogP contribution in [0, 0.1) is 0 Å². The number of nitrogens with zero attached hydrogens (tertiary/aromatic N) is 2. The highest BCUT2D eigenvalue weighted by Gasteiger charge is 2.13. The zero-order chi connectivity index (χ0) is 20.8. The van der Waals surface area contributed by atoms with Gasteiger partial charge in [0.1, 0.15) is 18.1 Å². The average Bonchev–Trinajstić information content (AvgIpc) is 2.81. The first-order valence-corrected chi connectivity index (χ1v) is 9.60. The summed E-state index contributed by atoms with van der Waals surface area (Å²) in [5.41, 5.74) is 2.90. The van der Waals surface area contributed by atoms with Gasteiger partial charge in [-0.2, -0.15) is 0 Å². The van der Waals surface area contributed by atoms with Crippen molar-refractivity contribution >= 4 is 16.8 Å². The number of carbonyl (C=O) groups is 1. The second-order valence-corrected chi connectivity index (χ2v) is 6.60. The number of ether oxygens (including phenoxy) is 2. The zero-order valence-corrected chi connectivity index (χ0v) is 16.5. The van der Waals surface area contributed by atoms with Gasteiger partial charge in [-0.3, -0.25) is 9.78 Å². The van der Waals surface area contributed by atoms with Gasteiger partial charge in [0.25, 0.3) is 5.91 Å². The lowest BCUT2D eigenvalue weighted by Gasteiger charge is -2.11. The van der Waals surface area contributed by atoms with Gasteiger partial charge in [-0.15, -0.1) is 0 Å². The molecule has 2 heterocycles. The monoisotopic (exact) mass is 399 g/mol. The molecule has 4 rings (SSSR count).